The second-order valence-electron chi connectivity index (χ2n) is 8.16. The Morgan fingerprint density at radius 3 is 2.50 bits per heavy atom. The van der Waals surface area contributed by atoms with E-state index in [0.29, 0.717) is 30.8 Å². The average molecular weight is 478 g/mol. The number of hydrogen-bond donors (Lipinski definition) is 2. The van der Waals surface area contributed by atoms with Crippen LogP contribution >= 0.6 is 0 Å². The summed E-state index contributed by atoms with van der Waals surface area (Å²) in [4.78, 5) is 24.5. The standard InChI is InChI=1S/C26H27N3O4S/c1-2-6-25(30)28-22-13-11-19(12-14-22)18-27-26(31)21-8-5-9-23(17-21)34(32,33)29-16-15-20-7-3-4-10-24(20)29/h3-5,7-14,17H,2,6,15-16,18H2,1H3,(H,27,31)(H,28,30). The van der Waals surface area contributed by atoms with Crippen molar-refractivity contribution in [1.82, 2.24) is 5.32 Å². The van der Waals surface area contributed by atoms with Crippen LogP contribution in [0.1, 0.15) is 41.3 Å². The molecule has 3 aromatic carbocycles. The summed E-state index contributed by atoms with van der Waals surface area (Å²) in [5.41, 5.74) is 3.52. The maximum Gasteiger partial charge on any atom is 0.264 e. The molecule has 2 amide bonds. The lowest BCUT2D eigenvalue weighted by Crippen LogP contribution is -2.29. The van der Waals surface area contributed by atoms with Gasteiger partial charge in [-0.25, -0.2) is 8.42 Å². The highest BCUT2D eigenvalue weighted by Gasteiger charge is 2.30. The summed E-state index contributed by atoms with van der Waals surface area (Å²) in [5.74, 6) is -0.394. The van der Waals surface area contributed by atoms with E-state index in [0.717, 1.165) is 17.5 Å². The number of hydrogen-bond acceptors (Lipinski definition) is 4. The molecular formula is C26H27N3O4S. The van der Waals surface area contributed by atoms with Crippen molar-refractivity contribution in [3.63, 3.8) is 0 Å². The fourth-order valence-electron chi connectivity index (χ4n) is 3.92. The summed E-state index contributed by atoms with van der Waals surface area (Å²) in [6, 6.07) is 20.8. The molecule has 4 rings (SSSR count). The van der Waals surface area contributed by atoms with Gasteiger partial charge >= 0.3 is 0 Å². The first-order valence-corrected chi connectivity index (χ1v) is 12.7. The third kappa shape index (κ3) is 5.12. The van der Waals surface area contributed by atoms with Gasteiger partial charge in [-0.2, -0.15) is 0 Å². The summed E-state index contributed by atoms with van der Waals surface area (Å²) in [5, 5.41) is 5.65. The van der Waals surface area contributed by atoms with Crippen molar-refractivity contribution in [2.75, 3.05) is 16.2 Å². The van der Waals surface area contributed by atoms with E-state index in [1.54, 1.807) is 30.3 Å². The van der Waals surface area contributed by atoms with E-state index in [2.05, 4.69) is 10.6 Å². The maximum absolute atomic E-state index is 13.3. The van der Waals surface area contributed by atoms with Crippen LogP contribution in [0.5, 0.6) is 0 Å². The second-order valence-corrected chi connectivity index (χ2v) is 10.0. The molecule has 8 heteroatoms. The van der Waals surface area contributed by atoms with Crippen molar-refractivity contribution in [3.05, 3.63) is 89.5 Å². The van der Waals surface area contributed by atoms with Gasteiger partial charge in [-0.3, -0.25) is 13.9 Å². The van der Waals surface area contributed by atoms with Gasteiger partial charge < -0.3 is 10.6 Å². The first-order chi connectivity index (χ1) is 16.4. The van der Waals surface area contributed by atoms with Gasteiger partial charge in [-0.1, -0.05) is 43.3 Å². The van der Waals surface area contributed by atoms with Crippen molar-refractivity contribution in [2.24, 2.45) is 0 Å². The Kier molecular flexibility index (Phi) is 6.98. The smallest absolute Gasteiger partial charge is 0.264 e. The van der Waals surface area contributed by atoms with Crippen molar-refractivity contribution in [1.29, 1.82) is 0 Å². The molecule has 0 aromatic heterocycles. The molecule has 1 aliphatic rings. The van der Waals surface area contributed by atoms with E-state index >= 15 is 0 Å². The molecule has 0 saturated carbocycles. The van der Waals surface area contributed by atoms with Crippen molar-refractivity contribution < 1.29 is 18.0 Å². The third-order valence-corrected chi connectivity index (χ3v) is 7.51. The molecule has 0 aliphatic carbocycles. The first kappa shape index (κ1) is 23.5. The number of fused-ring (bicyclic) bond motifs is 1. The molecule has 2 N–H and O–H groups in total. The van der Waals surface area contributed by atoms with Gasteiger partial charge in [0, 0.05) is 30.8 Å². The molecule has 0 saturated heterocycles. The molecule has 0 fully saturated rings. The van der Waals surface area contributed by atoms with Crippen molar-refractivity contribution >= 4 is 33.2 Å². The van der Waals surface area contributed by atoms with Gasteiger partial charge in [0.2, 0.25) is 5.91 Å². The second kappa shape index (κ2) is 10.1. The lowest BCUT2D eigenvalue weighted by atomic mass is 10.1. The molecule has 0 radical (unpaired) electrons. The number of nitrogens with one attached hydrogen (secondary N) is 2. The van der Waals surface area contributed by atoms with Crippen LogP contribution in [0.25, 0.3) is 0 Å². The molecule has 176 valence electrons. The fraction of sp³-hybridized carbons (Fsp3) is 0.231. The molecule has 0 unspecified atom stereocenters. The molecular weight excluding hydrogens is 450 g/mol. The Balaban J connectivity index is 1.42. The van der Waals surface area contributed by atoms with Crippen LogP contribution in [0.15, 0.2) is 77.7 Å². The highest BCUT2D eigenvalue weighted by molar-refractivity contribution is 7.92. The van der Waals surface area contributed by atoms with E-state index in [1.807, 2.05) is 37.3 Å². The average Bonchev–Trinajstić information content (AvgIpc) is 3.29. The molecule has 0 atom stereocenters. The number of carbonyl (C=O) groups is 2. The minimum Gasteiger partial charge on any atom is -0.348 e. The Hall–Kier alpha value is -3.65. The van der Waals surface area contributed by atoms with Crippen LogP contribution in [-0.4, -0.2) is 26.8 Å². The Bertz CT molecular complexity index is 1300. The Morgan fingerprint density at radius 2 is 1.74 bits per heavy atom. The number of carbonyl (C=O) groups excluding carboxylic acids is 2. The zero-order chi connectivity index (χ0) is 24.1. The van der Waals surface area contributed by atoms with E-state index in [4.69, 9.17) is 0 Å². The molecule has 3 aromatic rings. The predicted molar refractivity (Wildman–Crippen MR) is 132 cm³/mol. The molecule has 34 heavy (non-hydrogen) atoms. The largest absolute Gasteiger partial charge is 0.348 e. The highest BCUT2D eigenvalue weighted by Crippen LogP contribution is 2.32. The van der Waals surface area contributed by atoms with Gasteiger partial charge in [-0.05, 0) is 60.4 Å². The van der Waals surface area contributed by atoms with E-state index in [9.17, 15) is 18.0 Å². The van der Waals surface area contributed by atoms with E-state index in [1.165, 1.54) is 16.4 Å². The quantitative estimate of drug-likeness (QED) is 0.510. The monoisotopic (exact) mass is 477 g/mol. The summed E-state index contributed by atoms with van der Waals surface area (Å²) >= 11 is 0. The lowest BCUT2D eigenvalue weighted by molar-refractivity contribution is -0.116. The van der Waals surface area contributed by atoms with E-state index in [-0.39, 0.29) is 28.8 Å². The fourth-order valence-corrected chi connectivity index (χ4v) is 5.47. The minimum absolute atomic E-state index is 0.0317. The molecule has 0 bridgehead atoms. The van der Waals surface area contributed by atoms with Crippen LogP contribution in [0, 0.1) is 0 Å². The van der Waals surface area contributed by atoms with Crippen molar-refractivity contribution in [3.8, 4) is 0 Å². The number of amides is 2. The lowest BCUT2D eigenvalue weighted by Gasteiger charge is -2.20. The topological polar surface area (TPSA) is 95.6 Å². The van der Waals surface area contributed by atoms with Crippen LogP contribution in [0.2, 0.25) is 0 Å². The van der Waals surface area contributed by atoms with Gasteiger partial charge in [0.15, 0.2) is 0 Å². The SMILES string of the molecule is CCCC(=O)Nc1ccc(CNC(=O)c2cccc(S(=O)(=O)N3CCc4ccccc43)c2)cc1. The summed E-state index contributed by atoms with van der Waals surface area (Å²) in [6.45, 7) is 2.60. The first-order valence-electron chi connectivity index (χ1n) is 11.3. The number of benzene rings is 3. The summed E-state index contributed by atoms with van der Waals surface area (Å²) in [7, 11) is -3.78. The third-order valence-electron chi connectivity index (χ3n) is 5.70. The van der Waals surface area contributed by atoms with Crippen LogP contribution in [-0.2, 0) is 27.8 Å². The zero-order valence-electron chi connectivity index (χ0n) is 19.0. The number of para-hydroxylation sites is 1. The van der Waals surface area contributed by atoms with Gasteiger partial charge in [0.1, 0.15) is 0 Å². The Morgan fingerprint density at radius 1 is 0.971 bits per heavy atom. The number of rotatable bonds is 8. The van der Waals surface area contributed by atoms with E-state index < -0.39 is 10.0 Å². The van der Waals surface area contributed by atoms with Gasteiger partial charge in [-0.15, -0.1) is 0 Å². The van der Waals surface area contributed by atoms with Crippen molar-refractivity contribution in [2.45, 2.75) is 37.6 Å². The Labute approximate surface area is 199 Å². The molecule has 1 aliphatic heterocycles. The molecule has 0 spiro atoms. The zero-order valence-corrected chi connectivity index (χ0v) is 19.8. The normalized spacial score (nSPS) is 12.8. The van der Waals surface area contributed by atoms with Gasteiger partial charge in [0.25, 0.3) is 15.9 Å². The molecule has 7 nitrogen and oxygen atoms in total. The minimum atomic E-state index is -3.78. The molecule has 1 heterocycles. The van der Waals surface area contributed by atoms with Crippen LogP contribution in [0.4, 0.5) is 11.4 Å². The van der Waals surface area contributed by atoms with Crippen LogP contribution in [0.3, 0.4) is 0 Å². The number of nitrogens with zero attached hydrogens (tertiary/aromatic N) is 1. The number of anilines is 2. The summed E-state index contributed by atoms with van der Waals surface area (Å²) in [6.07, 6.45) is 1.91. The predicted octanol–water partition coefficient (Wildman–Crippen LogP) is 4.11. The maximum atomic E-state index is 13.3. The van der Waals surface area contributed by atoms with Crippen LogP contribution < -0.4 is 14.9 Å². The highest BCUT2D eigenvalue weighted by atomic mass is 32.2. The summed E-state index contributed by atoms with van der Waals surface area (Å²) < 4.78 is 27.9. The number of sulfonamides is 1. The van der Waals surface area contributed by atoms with Gasteiger partial charge in [0.05, 0.1) is 10.6 Å².